The first-order chi connectivity index (χ1) is 13.7. The molecule has 1 amide bonds. The highest BCUT2D eigenvalue weighted by Gasteiger charge is 2.57. The van der Waals surface area contributed by atoms with Crippen LogP contribution < -0.4 is 10.3 Å². The SMILES string of the molecule is CN1c2ccccc2[C@]2(c3ccccc3)CCN(NC(=O)c3ccccc3)[C@@H]12. The van der Waals surface area contributed by atoms with Gasteiger partial charge >= 0.3 is 0 Å². The van der Waals surface area contributed by atoms with Gasteiger partial charge in [0.05, 0.1) is 5.41 Å². The van der Waals surface area contributed by atoms with Crippen molar-refractivity contribution in [1.82, 2.24) is 10.4 Å². The highest BCUT2D eigenvalue weighted by Crippen LogP contribution is 2.54. The Morgan fingerprint density at radius 3 is 2.32 bits per heavy atom. The summed E-state index contributed by atoms with van der Waals surface area (Å²) in [5.41, 5.74) is 7.57. The third-order valence-electron chi connectivity index (χ3n) is 6.18. The summed E-state index contributed by atoms with van der Waals surface area (Å²) in [5, 5.41) is 2.11. The van der Waals surface area contributed by atoms with Gasteiger partial charge in [0.1, 0.15) is 6.17 Å². The number of likely N-dealkylation sites (N-methyl/N-ethyl adjacent to an activating group) is 1. The van der Waals surface area contributed by atoms with Crippen molar-refractivity contribution in [3.8, 4) is 0 Å². The number of hydrazine groups is 1. The van der Waals surface area contributed by atoms with Crippen LogP contribution in [0.3, 0.4) is 0 Å². The van der Waals surface area contributed by atoms with Gasteiger partial charge < -0.3 is 4.90 Å². The molecule has 2 aliphatic heterocycles. The zero-order valence-electron chi connectivity index (χ0n) is 15.9. The minimum atomic E-state index is -0.156. The molecule has 2 aliphatic rings. The average Bonchev–Trinajstić information content (AvgIpc) is 3.25. The Balaban J connectivity index is 1.56. The number of benzene rings is 3. The molecule has 2 atom stereocenters. The number of amides is 1. The molecule has 4 nitrogen and oxygen atoms in total. The Morgan fingerprint density at radius 1 is 0.929 bits per heavy atom. The van der Waals surface area contributed by atoms with Gasteiger partial charge in [-0.25, -0.2) is 0 Å². The number of fused-ring (bicyclic) bond motifs is 3. The lowest BCUT2D eigenvalue weighted by Crippen LogP contribution is -2.55. The van der Waals surface area contributed by atoms with Crippen molar-refractivity contribution in [2.45, 2.75) is 18.0 Å². The van der Waals surface area contributed by atoms with Crippen molar-refractivity contribution in [3.63, 3.8) is 0 Å². The van der Waals surface area contributed by atoms with Crippen LogP contribution in [0.5, 0.6) is 0 Å². The fraction of sp³-hybridized carbons (Fsp3) is 0.208. The number of carbonyl (C=O) groups is 1. The lowest BCUT2D eigenvalue weighted by molar-refractivity contribution is 0.0749. The van der Waals surface area contributed by atoms with E-state index in [1.54, 1.807) is 0 Å². The zero-order chi connectivity index (χ0) is 19.1. The van der Waals surface area contributed by atoms with Crippen LogP contribution in [-0.2, 0) is 5.41 Å². The maximum Gasteiger partial charge on any atom is 0.265 e. The highest BCUT2D eigenvalue weighted by atomic mass is 16.2. The smallest absolute Gasteiger partial charge is 0.265 e. The highest BCUT2D eigenvalue weighted by molar-refractivity contribution is 5.93. The van der Waals surface area contributed by atoms with Gasteiger partial charge in [0.15, 0.2) is 0 Å². The number of nitrogens with one attached hydrogen (secondary N) is 1. The predicted octanol–water partition coefficient (Wildman–Crippen LogP) is 3.80. The Morgan fingerprint density at radius 2 is 1.57 bits per heavy atom. The summed E-state index contributed by atoms with van der Waals surface area (Å²) in [6.07, 6.45) is 0.998. The Labute approximate surface area is 165 Å². The molecular formula is C24H23N3O. The molecule has 0 radical (unpaired) electrons. The number of hydrogen-bond donors (Lipinski definition) is 1. The van der Waals surface area contributed by atoms with Gasteiger partial charge in [0.25, 0.3) is 5.91 Å². The van der Waals surface area contributed by atoms with Gasteiger partial charge in [-0.3, -0.25) is 10.2 Å². The number of anilines is 1. The Bertz CT molecular complexity index is 1000. The number of hydrogen-bond acceptors (Lipinski definition) is 3. The second kappa shape index (κ2) is 6.50. The number of rotatable bonds is 3. The predicted molar refractivity (Wildman–Crippen MR) is 111 cm³/mol. The van der Waals surface area contributed by atoms with Crippen LogP contribution in [0.2, 0.25) is 0 Å². The maximum atomic E-state index is 12.8. The van der Waals surface area contributed by atoms with Crippen LogP contribution in [0.4, 0.5) is 5.69 Å². The summed E-state index contributed by atoms with van der Waals surface area (Å²) in [5.74, 6) is -0.0613. The average molecular weight is 369 g/mol. The zero-order valence-corrected chi connectivity index (χ0v) is 15.9. The molecule has 0 saturated carbocycles. The molecule has 1 saturated heterocycles. The van der Waals surface area contributed by atoms with Crippen LogP contribution in [-0.4, -0.2) is 30.7 Å². The lowest BCUT2D eigenvalue weighted by Gasteiger charge is -2.37. The molecule has 2 heterocycles. The van der Waals surface area contributed by atoms with E-state index in [2.05, 4.69) is 77.0 Å². The van der Waals surface area contributed by atoms with E-state index in [0.717, 1.165) is 13.0 Å². The minimum absolute atomic E-state index is 0.0416. The molecule has 1 N–H and O–H groups in total. The minimum Gasteiger partial charge on any atom is -0.356 e. The number of carbonyl (C=O) groups excluding carboxylic acids is 1. The third kappa shape index (κ3) is 2.38. The van der Waals surface area contributed by atoms with Gasteiger partial charge in [0.2, 0.25) is 0 Å². The van der Waals surface area contributed by atoms with Crippen molar-refractivity contribution in [2.75, 3.05) is 18.5 Å². The van der Waals surface area contributed by atoms with Crippen molar-refractivity contribution in [2.24, 2.45) is 0 Å². The van der Waals surface area contributed by atoms with E-state index in [1.807, 2.05) is 30.3 Å². The second-order valence-electron chi connectivity index (χ2n) is 7.59. The van der Waals surface area contributed by atoms with Gasteiger partial charge in [0, 0.05) is 24.8 Å². The van der Waals surface area contributed by atoms with Crippen LogP contribution >= 0.6 is 0 Å². The normalized spacial score (nSPS) is 23.3. The van der Waals surface area contributed by atoms with Crippen LogP contribution in [0.1, 0.15) is 27.9 Å². The first kappa shape index (κ1) is 17.0. The van der Waals surface area contributed by atoms with Crippen LogP contribution in [0.15, 0.2) is 84.9 Å². The van der Waals surface area contributed by atoms with Gasteiger partial charge in [-0.1, -0.05) is 66.7 Å². The molecule has 0 aromatic heterocycles. The van der Waals surface area contributed by atoms with E-state index in [-0.39, 0.29) is 17.5 Å². The summed E-state index contributed by atoms with van der Waals surface area (Å²) in [4.78, 5) is 15.1. The van der Waals surface area contributed by atoms with E-state index in [9.17, 15) is 4.79 Å². The largest absolute Gasteiger partial charge is 0.356 e. The standard InChI is InChI=1S/C24H23N3O/c1-26-21-15-9-8-14-20(21)24(19-12-6-3-7-13-19)16-17-27(23(24)26)25-22(28)18-10-4-2-5-11-18/h2-15,23H,16-17H2,1H3,(H,25,28)/t23-,24-/m1/s1. The molecule has 3 aromatic carbocycles. The number of para-hydroxylation sites is 1. The van der Waals surface area contributed by atoms with E-state index in [1.165, 1.54) is 16.8 Å². The molecule has 0 spiro atoms. The van der Waals surface area contributed by atoms with E-state index >= 15 is 0 Å². The van der Waals surface area contributed by atoms with Gasteiger partial charge in [-0.05, 0) is 35.7 Å². The fourth-order valence-corrected chi connectivity index (χ4v) is 5.00. The quantitative estimate of drug-likeness (QED) is 0.763. The van der Waals surface area contributed by atoms with E-state index in [4.69, 9.17) is 0 Å². The Kier molecular flexibility index (Phi) is 3.95. The first-order valence-electron chi connectivity index (χ1n) is 9.72. The Hall–Kier alpha value is -3.11. The van der Waals surface area contributed by atoms with Gasteiger partial charge in [-0.2, -0.15) is 5.01 Å². The lowest BCUT2D eigenvalue weighted by atomic mass is 9.73. The van der Waals surface area contributed by atoms with Crippen LogP contribution in [0.25, 0.3) is 0 Å². The van der Waals surface area contributed by atoms with Crippen molar-refractivity contribution >= 4 is 11.6 Å². The fourth-order valence-electron chi connectivity index (χ4n) is 5.00. The third-order valence-corrected chi connectivity index (χ3v) is 6.18. The first-order valence-corrected chi connectivity index (χ1v) is 9.72. The summed E-state index contributed by atoms with van der Waals surface area (Å²) >= 11 is 0. The molecule has 5 rings (SSSR count). The summed E-state index contributed by atoms with van der Waals surface area (Å²) in [7, 11) is 2.13. The molecule has 28 heavy (non-hydrogen) atoms. The van der Waals surface area contributed by atoms with E-state index in [0.29, 0.717) is 5.56 Å². The van der Waals surface area contributed by atoms with Crippen molar-refractivity contribution in [3.05, 3.63) is 102 Å². The molecule has 0 aliphatic carbocycles. The second-order valence-corrected chi connectivity index (χ2v) is 7.59. The molecule has 0 unspecified atom stereocenters. The molecule has 3 aromatic rings. The number of nitrogens with zero attached hydrogens (tertiary/aromatic N) is 2. The molecule has 140 valence electrons. The van der Waals surface area contributed by atoms with Crippen molar-refractivity contribution < 1.29 is 4.79 Å². The topological polar surface area (TPSA) is 35.6 Å². The molecule has 1 fully saturated rings. The molecule has 4 heteroatoms. The van der Waals surface area contributed by atoms with Crippen LogP contribution in [0, 0.1) is 0 Å². The molecular weight excluding hydrogens is 346 g/mol. The summed E-state index contributed by atoms with van der Waals surface area (Å²) in [6, 6.07) is 28.7. The van der Waals surface area contributed by atoms with E-state index < -0.39 is 0 Å². The summed E-state index contributed by atoms with van der Waals surface area (Å²) in [6.45, 7) is 0.802. The monoisotopic (exact) mass is 369 g/mol. The maximum absolute atomic E-state index is 12.8. The van der Waals surface area contributed by atoms with Crippen molar-refractivity contribution in [1.29, 1.82) is 0 Å². The van der Waals surface area contributed by atoms with Gasteiger partial charge in [-0.15, -0.1) is 0 Å². The summed E-state index contributed by atoms with van der Waals surface area (Å²) < 4.78 is 0. The molecule has 0 bridgehead atoms.